The van der Waals surface area contributed by atoms with Gasteiger partial charge in [-0.3, -0.25) is 0 Å². The molecule has 1 aliphatic heterocycles. The van der Waals surface area contributed by atoms with Crippen molar-refractivity contribution in [1.29, 1.82) is 0 Å². The van der Waals surface area contributed by atoms with Crippen LogP contribution < -0.4 is 5.46 Å². The summed E-state index contributed by atoms with van der Waals surface area (Å²) in [7, 11) is -0.424. The van der Waals surface area contributed by atoms with Gasteiger partial charge in [-0.25, -0.2) is 19.9 Å². The zero-order valence-corrected chi connectivity index (χ0v) is 49.5. The molecule has 16 aromatic rings. The Balaban J connectivity index is 0.000000142. The summed E-state index contributed by atoms with van der Waals surface area (Å²) in [6.07, 6.45) is 0. The van der Waals surface area contributed by atoms with Crippen molar-refractivity contribution in [3.05, 3.63) is 236 Å². The van der Waals surface area contributed by atoms with Crippen LogP contribution in [0, 0.1) is 0 Å². The molecule has 0 radical (unpaired) electrons. The number of thiophene rings is 2. The van der Waals surface area contributed by atoms with E-state index in [1.165, 1.54) is 9.40 Å². The minimum atomic E-state index is -0.424. The topological polar surface area (TPSA) is 96.3 Å². The van der Waals surface area contributed by atoms with Crippen LogP contribution in [0.3, 0.4) is 0 Å². The lowest BCUT2D eigenvalue weighted by Gasteiger charge is -2.32. The number of nitrogens with zero attached hydrogens (tertiary/aromatic N) is 4. The average molecular weight is 1170 g/mol. The van der Waals surface area contributed by atoms with Crippen LogP contribution in [0.1, 0.15) is 27.7 Å². The highest BCUT2D eigenvalue weighted by Crippen LogP contribution is 2.43. The van der Waals surface area contributed by atoms with Crippen molar-refractivity contribution in [2.24, 2.45) is 0 Å². The molecule has 0 N–H and O–H groups in total. The molecule has 0 aliphatic carbocycles. The van der Waals surface area contributed by atoms with Crippen LogP contribution >= 0.6 is 34.3 Å². The number of furan rings is 2. The number of benzene rings is 10. The second-order valence-corrected chi connectivity index (χ2v) is 25.4. The molecule has 8 nitrogen and oxygen atoms in total. The fourth-order valence-corrected chi connectivity index (χ4v) is 14.2. The number of hydrogen-bond acceptors (Lipinski definition) is 10. The Morgan fingerprint density at radius 2 is 0.779 bits per heavy atom. The van der Waals surface area contributed by atoms with E-state index in [9.17, 15) is 0 Å². The molecule has 1 aliphatic rings. The minimum absolute atomic E-state index is 0.397. The summed E-state index contributed by atoms with van der Waals surface area (Å²) in [6, 6.07) is 79.2. The molecule has 412 valence electrons. The monoisotopic (exact) mass is 1170 g/mol. The standard InChI is InChI=1S/C40H31BN2O3S.C34H19ClN2OS/c1-39(2)40(3,4)46-41(45-39)28-18-20-32-31(23-28)29-19-17-26(22-33(29)44-32)25-13-10-14-27(21-25)38-42-35(24-11-6-5-7-12-24)37-36(43-38)30-15-8-9-16-34(30)47-37;35-24-14-16-28-27(19-24)25-15-13-22(18-29(25)38-28)21-9-6-10-23(17-21)34-36-31(20-7-2-1-3-8-20)33-32(37-34)26-11-4-5-12-30(26)39-33/h5-23H,1-4H3;1-19H. The van der Waals surface area contributed by atoms with E-state index in [1.807, 2.05) is 42.5 Å². The molecular formula is C74H50BClN4O4S2. The van der Waals surface area contributed by atoms with E-state index in [2.05, 4.69) is 216 Å². The Bertz CT molecular complexity index is 5350. The van der Waals surface area contributed by atoms with Crippen LogP contribution in [0.25, 0.3) is 152 Å². The molecular weight excluding hydrogens is 1120 g/mol. The Morgan fingerprint density at radius 1 is 0.349 bits per heavy atom. The first-order valence-corrected chi connectivity index (χ1v) is 30.6. The van der Waals surface area contributed by atoms with E-state index in [0.717, 1.165) is 136 Å². The van der Waals surface area contributed by atoms with E-state index in [4.69, 9.17) is 49.7 Å². The van der Waals surface area contributed by atoms with E-state index in [1.54, 1.807) is 22.7 Å². The van der Waals surface area contributed by atoms with E-state index in [-0.39, 0.29) is 0 Å². The first kappa shape index (κ1) is 52.2. The summed E-state index contributed by atoms with van der Waals surface area (Å²) in [6.45, 7) is 8.30. The first-order valence-electron chi connectivity index (χ1n) is 28.6. The van der Waals surface area contributed by atoms with Gasteiger partial charge in [0.1, 0.15) is 22.3 Å². The zero-order chi connectivity index (χ0) is 57.8. The summed E-state index contributed by atoms with van der Waals surface area (Å²) in [5, 5.41) is 7.20. The van der Waals surface area contributed by atoms with E-state index >= 15 is 0 Å². The van der Waals surface area contributed by atoms with Crippen molar-refractivity contribution < 1.29 is 18.1 Å². The molecule has 86 heavy (non-hydrogen) atoms. The van der Waals surface area contributed by atoms with Gasteiger partial charge in [0.05, 0.1) is 43.0 Å². The third-order valence-electron chi connectivity index (χ3n) is 16.9. The molecule has 17 rings (SSSR count). The van der Waals surface area contributed by atoms with Gasteiger partial charge in [-0.15, -0.1) is 22.7 Å². The van der Waals surface area contributed by atoms with Crippen molar-refractivity contribution in [2.75, 3.05) is 0 Å². The van der Waals surface area contributed by atoms with Crippen molar-refractivity contribution in [3.8, 4) is 67.5 Å². The van der Waals surface area contributed by atoms with Crippen molar-refractivity contribution >= 4 is 131 Å². The Hall–Kier alpha value is -9.33. The van der Waals surface area contributed by atoms with Gasteiger partial charge in [-0.05, 0) is 128 Å². The summed E-state index contributed by atoms with van der Waals surface area (Å²) in [5.41, 5.74) is 15.8. The van der Waals surface area contributed by atoms with Crippen LogP contribution in [0.4, 0.5) is 0 Å². The molecule has 0 amide bonds. The van der Waals surface area contributed by atoms with Crippen molar-refractivity contribution in [2.45, 2.75) is 38.9 Å². The van der Waals surface area contributed by atoms with Crippen molar-refractivity contribution in [1.82, 2.24) is 19.9 Å². The minimum Gasteiger partial charge on any atom is -0.456 e. The quantitative estimate of drug-likeness (QED) is 0.146. The number of fused-ring (bicyclic) bond motifs is 12. The van der Waals surface area contributed by atoms with E-state index < -0.39 is 18.3 Å². The van der Waals surface area contributed by atoms with Gasteiger partial charge in [-0.2, -0.15) is 0 Å². The Kier molecular flexibility index (Phi) is 12.4. The second-order valence-electron chi connectivity index (χ2n) is 22.8. The predicted molar refractivity (Wildman–Crippen MR) is 358 cm³/mol. The van der Waals surface area contributed by atoms with Crippen LogP contribution in [0.2, 0.25) is 5.02 Å². The molecule has 12 heteroatoms. The van der Waals surface area contributed by atoms with Gasteiger partial charge in [-0.1, -0.05) is 169 Å². The van der Waals surface area contributed by atoms with Crippen LogP contribution in [-0.2, 0) is 9.31 Å². The van der Waals surface area contributed by atoms with Gasteiger partial charge >= 0.3 is 7.12 Å². The molecule has 0 atom stereocenters. The largest absolute Gasteiger partial charge is 0.494 e. The lowest BCUT2D eigenvalue weighted by Crippen LogP contribution is -2.41. The van der Waals surface area contributed by atoms with Crippen LogP contribution in [0.15, 0.2) is 239 Å². The SMILES string of the molecule is CC1(C)OB(c2ccc3oc4cc(-c5cccc(-c6nc(-c7ccccc7)c7sc8ccccc8c7n6)c5)ccc4c3c2)OC1(C)C.Clc1ccc2oc3cc(-c4cccc(-c5nc(-c6ccccc6)c6sc7ccccc7c6n5)c4)ccc3c2c1. The highest BCUT2D eigenvalue weighted by molar-refractivity contribution is 7.26. The van der Waals surface area contributed by atoms with Gasteiger partial charge in [0.25, 0.3) is 0 Å². The zero-order valence-electron chi connectivity index (χ0n) is 47.1. The highest BCUT2D eigenvalue weighted by Gasteiger charge is 2.51. The first-order chi connectivity index (χ1) is 41.9. The average Bonchev–Trinajstić information content (AvgIpc) is 2.11. The molecule has 6 aromatic heterocycles. The van der Waals surface area contributed by atoms with Gasteiger partial charge in [0.2, 0.25) is 0 Å². The van der Waals surface area contributed by atoms with Crippen LogP contribution in [0.5, 0.6) is 0 Å². The lowest BCUT2D eigenvalue weighted by molar-refractivity contribution is 0.00578. The summed E-state index contributed by atoms with van der Waals surface area (Å²) in [5.74, 6) is 1.42. The van der Waals surface area contributed by atoms with Crippen molar-refractivity contribution in [3.63, 3.8) is 0 Å². The third kappa shape index (κ3) is 9.05. The molecule has 10 aromatic carbocycles. The molecule has 1 fully saturated rings. The normalized spacial score (nSPS) is 13.9. The summed E-state index contributed by atoms with van der Waals surface area (Å²) >= 11 is 9.73. The third-order valence-corrected chi connectivity index (χ3v) is 19.5. The highest BCUT2D eigenvalue weighted by atomic mass is 35.5. The van der Waals surface area contributed by atoms with Gasteiger partial charge < -0.3 is 18.1 Å². The number of rotatable bonds is 7. The van der Waals surface area contributed by atoms with Gasteiger partial charge in [0.15, 0.2) is 11.6 Å². The smallest absolute Gasteiger partial charge is 0.456 e. The Morgan fingerprint density at radius 3 is 1.29 bits per heavy atom. The fraction of sp³-hybridized carbons (Fsp3) is 0.0811. The molecule has 0 saturated carbocycles. The Labute approximate surface area is 508 Å². The van der Waals surface area contributed by atoms with Gasteiger partial charge in [0, 0.05) is 69.0 Å². The maximum Gasteiger partial charge on any atom is 0.494 e. The molecule has 0 unspecified atom stereocenters. The predicted octanol–water partition coefficient (Wildman–Crippen LogP) is 20.4. The second kappa shape index (κ2) is 20.4. The number of aromatic nitrogens is 4. The number of halogens is 1. The van der Waals surface area contributed by atoms with Crippen LogP contribution in [-0.4, -0.2) is 38.3 Å². The summed E-state index contributed by atoms with van der Waals surface area (Å²) in [4.78, 5) is 20.6. The fourth-order valence-electron chi connectivity index (χ4n) is 11.7. The maximum absolute atomic E-state index is 6.37. The molecule has 0 spiro atoms. The lowest BCUT2D eigenvalue weighted by atomic mass is 9.78. The molecule has 7 heterocycles. The number of hydrogen-bond donors (Lipinski definition) is 0. The van der Waals surface area contributed by atoms with E-state index in [0.29, 0.717) is 16.7 Å². The molecule has 1 saturated heterocycles. The summed E-state index contributed by atoms with van der Waals surface area (Å²) < 4.78 is 29.8. The maximum atomic E-state index is 6.37. The molecule has 0 bridgehead atoms.